The van der Waals surface area contributed by atoms with Crippen molar-refractivity contribution in [2.45, 2.75) is 32.2 Å². The molecule has 1 fully saturated rings. The molecule has 11 nitrogen and oxygen atoms in total. The summed E-state index contributed by atoms with van der Waals surface area (Å²) in [5.41, 5.74) is 2.27. The molecule has 4 heterocycles. The Kier molecular flexibility index (Phi) is 7.73. The second kappa shape index (κ2) is 10.9. The monoisotopic (exact) mass is 469 g/mol. The van der Waals surface area contributed by atoms with Crippen molar-refractivity contribution in [3.8, 4) is 0 Å². The van der Waals surface area contributed by atoms with Crippen molar-refractivity contribution in [3.05, 3.63) is 29.3 Å². The number of fused-ring (bicyclic) bond motifs is 1. The molecule has 0 saturated carbocycles. The SMILES string of the molecule is CNc1nc(C2CCN(C(C)=O)C2)nc2c1CN(CCNc1nccc(N(C)CCO)n1)CC2. The Labute approximate surface area is 200 Å². The standard InChI is InChI=1S/C23H35N9O2/c1-16(34)32-10-5-17(14-32)21-27-19-6-9-31(15-18(19)22(24-2)29-21)11-8-26-23-25-7-4-20(28-23)30(3)12-13-33/h4,7,17,33H,5-6,8-15H2,1-3H3,(H,24,27,29)(H,25,26,28). The Morgan fingerprint density at radius 2 is 2.15 bits per heavy atom. The summed E-state index contributed by atoms with van der Waals surface area (Å²) in [6.07, 6.45) is 3.52. The zero-order valence-electron chi connectivity index (χ0n) is 20.3. The van der Waals surface area contributed by atoms with Crippen LogP contribution in [0, 0.1) is 0 Å². The van der Waals surface area contributed by atoms with E-state index in [1.807, 2.05) is 30.0 Å². The molecule has 0 bridgehead atoms. The van der Waals surface area contributed by atoms with Gasteiger partial charge in [-0.3, -0.25) is 9.69 Å². The maximum Gasteiger partial charge on any atom is 0.224 e. The number of rotatable bonds is 9. The van der Waals surface area contributed by atoms with E-state index in [4.69, 9.17) is 15.1 Å². The van der Waals surface area contributed by atoms with Crippen LogP contribution in [0.3, 0.4) is 0 Å². The largest absolute Gasteiger partial charge is 0.395 e. The van der Waals surface area contributed by atoms with Gasteiger partial charge in [-0.2, -0.15) is 4.98 Å². The van der Waals surface area contributed by atoms with Crippen molar-refractivity contribution in [2.75, 3.05) is 75.5 Å². The number of likely N-dealkylation sites (N-methyl/N-ethyl adjacent to an activating group) is 1. The number of aliphatic hydroxyl groups is 1. The molecule has 2 aromatic rings. The molecule has 0 spiro atoms. The lowest BCUT2D eigenvalue weighted by Gasteiger charge is -2.30. The molecule has 3 N–H and O–H groups in total. The van der Waals surface area contributed by atoms with Crippen LogP contribution in [0.2, 0.25) is 0 Å². The van der Waals surface area contributed by atoms with Crippen LogP contribution in [0.4, 0.5) is 17.6 Å². The van der Waals surface area contributed by atoms with Crippen molar-refractivity contribution in [1.29, 1.82) is 0 Å². The first-order valence-corrected chi connectivity index (χ1v) is 11.9. The fourth-order valence-electron chi connectivity index (χ4n) is 4.56. The molecule has 1 saturated heterocycles. The number of carbonyl (C=O) groups is 1. The minimum absolute atomic E-state index is 0.0804. The Balaban J connectivity index is 1.35. The molecule has 0 radical (unpaired) electrons. The predicted octanol–water partition coefficient (Wildman–Crippen LogP) is 0.543. The van der Waals surface area contributed by atoms with Crippen LogP contribution < -0.4 is 15.5 Å². The number of amides is 1. The van der Waals surface area contributed by atoms with Gasteiger partial charge < -0.3 is 25.5 Å². The number of hydrogen-bond donors (Lipinski definition) is 3. The normalized spacial score (nSPS) is 18.0. The van der Waals surface area contributed by atoms with Crippen LogP contribution in [0.5, 0.6) is 0 Å². The molecule has 4 rings (SSSR count). The van der Waals surface area contributed by atoms with Gasteiger partial charge in [0.15, 0.2) is 0 Å². The summed E-state index contributed by atoms with van der Waals surface area (Å²) in [6, 6.07) is 1.83. The number of carbonyl (C=O) groups excluding carboxylic acids is 1. The average molecular weight is 470 g/mol. The summed E-state index contributed by atoms with van der Waals surface area (Å²) >= 11 is 0. The van der Waals surface area contributed by atoms with Crippen LogP contribution >= 0.6 is 0 Å². The van der Waals surface area contributed by atoms with E-state index in [0.717, 1.165) is 74.3 Å². The highest BCUT2D eigenvalue weighted by atomic mass is 16.3. The quantitative estimate of drug-likeness (QED) is 0.480. The Hall–Kier alpha value is -3.05. The fourth-order valence-corrected chi connectivity index (χ4v) is 4.56. The lowest BCUT2D eigenvalue weighted by atomic mass is 10.0. The van der Waals surface area contributed by atoms with E-state index < -0.39 is 0 Å². The molecule has 0 aliphatic carbocycles. The molecule has 2 aliphatic rings. The molecule has 34 heavy (non-hydrogen) atoms. The molecular formula is C23H35N9O2. The van der Waals surface area contributed by atoms with Gasteiger partial charge in [-0.05, 0) is 12.5 Å². The van der Waals surface area contributed by atoms with Crippen molar-refractivity contribution < 1.29 is 9.90 Å². The van der Waals surface area contributed by atoms with Gasteiger partial charge in [0.05, 0.1) is 12.3 Å². The number of nitrogens with one attached hydrogen (secondary N) is 2. The zero-order chi connectivity index (χ0) is 24.1. The molecule has 1 atom stereocenters. The minimum Gasteiger partial charge on any atom is -0.395 e. The lowest BCUT2D eigenvalue weighted by Crippen LogP contribution is -2.36. The highest BCUT2D eigenvalue weighted by molar-refractivity contribution is 5.73. The van der Waals surface area contributed by atoms with Gasteiger partial charge in [0.2, 0.25) is 11.9 Å². The van der Waals surface area contributed by atoms with Crippen LogP contribution in [0.15, 0.2) is 12.3 Å². The number of aromatic nitrogens is 4. The number of anilines is 3. The summed E-state index contributed by atoms with van der Waals surface area (Å²) in [5, 5.41) is 15.7. The molecule has 1 unspecified atom stereocenters. The molecule has 1 amide bonds. The van der Waals surface area contributed by atoms with E-state index in [1.54, 1.807) is 13.1 Å². The second-order valence-corrected chi connectivity index (χ2v) is 8.89. The molecule has 2 aromatic heterocycles. The fraction of sp³-hybridized carbons (Fsp3) is 0.609. The summed E-state index contributed by atoms with van der Waals surface area (Å²) in [4.78, 5) is 36.5. The molecule has 11 heteroatoms. The van der Waals surface area contributed by atoms with E-state index >= 15 is 0 Å². The van der Waals surface area contributed by atoms with Crippen LogP contribution in [-0.4, -0.2) is 101 Å². The summed E-state index contributed by atoms with van der Waals surface area (Å²) in [5.74, 6) is 3.43. The van der Waals surface area contributed by atoms with Gasteiger partial charge >= 0.3 is 0 Å². The van der Waals surface area contributed by atoms with E-state index in [1.165, 1.54) is 0 Å². The maximum absolute atomic E-state index is 11.7. The second-order valence-electron chi connectivity index (χ2n) is 8.89. The number of nitrogens with zero attached hydrogens (tertiary/aromatic N) is 7. The summed E-state index contributed by atoms with van der Waals surface area (Å²) < 4.78 is 0. The number of hydrogen-bond acceptors (Lipinski definition) is 10. The first-order valence-electron chi connectivity index (χ1n) is 11.9. The van der Waals surface area contributed by atoms with Gasteiger partial charge in [-0.15, -0.1) is 0 Å². The zero-order valence-corrected chi connectivity index (χ0v) is 20.3. The van der Waals surface area contributed by atoms with Crippen LogP contribution in [0.25, 0.3) is 0 Å². The van der Waals surface area contributed by atoms with Gasteiger partial charge in [0.25, 0.3) is 0 Å². The molecular weight excluding hydrogens is 434 g/mol. The van der Waals surface area contributed by atoms with E-state index in [-0.39, 0.29) is 18.4 Å². The van der Waals surface area contributed by atoms with E-state index in [0.29, 0.717) is 19.0 Å². The van der Waals surface area contributed by atoms with Crippen molar-refractivity contribution in [1.82, 2.24) is 29.7 Å². The molecule has 0 aromatic carbocycles. The van der Waals surface area contributed by atoms with Crippen LogP contribution in [-0.2, 0) is 17.8 Å². The average Bonchev–Trinajstić information content (AvgIpc) is 3.35. The minimum atomic E-state index is 0.0804. The smallest absolute Gasteiger partial charge is 0.224 e. The summed E-state index contributed by atoms with van der Waals surface area (Å²) in [7, 11) is 3.80. The predicted molar refractivity (Wildman–Crippen MR) is 131 cm³/mol. The Morgan fingerprint density at radius 3 is 2.88 bits per heavy atom. The van der Waals surface area contributed by atoms with E-state index in [2.05, 4.69) is 25.5 Å². The Morgan fingerprint density at radius 1 is 1.29 bits per heavy atom. The molecule has 184 valence electrons. The third-order valence-electron chi connectivity index (χ3n) is 6.57. The van der Waals surface area contributed by atoms with Gasteiger partial charge in [-0.1, -0.05) is 0 Å². The Bertz CT molecular complexity index is 985. The lowest BCUT2D eigenvalue weighted by molar-refractivity contribution is -0.127. The third kappa shape index (κ3) is 5.53. The van der Waals surface area contributed by atoms with Crippen molar-refractivity contribution in [3.63, 3.8) is 0 Å². The van der Waals surface area contributed by atoms with Crippen LogP contribution in [0.1, 0.15) is 36.3 Å². The van der Waals surface area contributed by atoms with Gasteiger partial charge in [0.1, 0.15) is 17.5 Å². The van der Waals surface area contributed by atoms with Crippen molar-refractivity contribution in [2.24, 2.45) is 0 Å². The summed E-state index contributed by atoms with van der Waals surface area (Å²) in [6.45, 7) is 7.00. The maximum atomic E-state index is 11.7. The number of aliphatic hydroxyl groups excluding tert-OH is 1. The highest BCUT2D eigenvalue weighted by Crippen LogP contribution is 2.30. The third-order valence-corrected chi connectivity index (χ3v) is 6.57. The van der Waals surface area contributed by atoms with Gasteiger partial charge in [0, 0.05) is 90.9 Å². The first-order chi connectivity index (χ1) is 16.5. The molecule has 2 aliphatic heterocycles. The highest BCUT2D eigenvalue weighted by Gasteiger charge is 2.30. The topological polar surface area (TPSA) is 123 Å². The van der Waals surface area contributed by atoms with Gasteiger partial charge in [-0.25, -0.2) is 15.0 Å². The first kappa shape index (κ1) is 24.1. The van der Waals surface area contributed by atoms with Crippen molar-refractivity contribution >= 4 is 23.5 Å². The number of likely N-dealkylation sites (tertiary alicyclic amines) is 1. The van der Waals surface area contributed by atoms with E-state index in [9.17, 15) is 4.79 Å².